The third-order valence-electron chi connectivity index (χ3n) is 3.13. The number of hydrogen-bond donors (Lipinski definition) is 0. The first-order chi connectivity index (χ1) is 9.49. The summed E-state index contributed by atoms with van der Waals surface area (Å²) in [6, 6.07) is 3.52. The van der Waals surface area contributed by atoms with E-state index < -0.39 is 17.0 Å². The van der Waals surface area contributed by atoms with Gasteiger partial charge in [0.25, 0.3) is 5.69 Å². The highest BCUT2D eigenvalue weighted by Gasteiger charge is 2.27. The number of ketones is 1. The predicted octanol–water partition coefficient (Wildman–Crippen LogP) is 2.92. The van der Waals surface area contributed by atoms with Crippen LogP contribution in [0.4, 0.5) is 5.69 Å². The van der Waals surface area contributed by atoms with Gasteiger partial charge >= 0.3 is 5.97 Å². The van der Waals surface area contributed by atoms with Crippen molar-refractivity contribution >= 4 is 29.0 Å². The minimum atomic E-state index is -0.807. The summed E-state index contributed by atoms with van der Waals surface area (Å²) in [5.41, 5.74) is -0.351. The highest BCUT2D eigenvalue weighted by molar-refractivity contribution is 6.33. The van der Waals surface area contributed by atoms with E-state index in [1.54, 1.807) is 0 Å². The maximum atomic E-state index is 12.0. The first-order valence-electron chi connectivity index (χ1n) is 6.16. The summed E-state index contributed by atoms with van der Waals surface area (Å²) in [6.45, 7) is 0. The van der Waals surface area contributed by atoms with Crippen molar-refractivity contribution in [1.82, 2.24) is 0 Å². The van der Waals surface area contributed by atoms with Crippen molar-refractivity contribution in [3.8, 4) is 0 Å². The standard InChI is InChI=1S/C13H12ClNO5/c14-10-6-5-8(15(18)19)7-9(10)13(17)20-12-4-2-1-3-11(12)16/h5-7,12H,1-4H2. The van der Waals surface area contributed by atoms with E-state index in [-0.39, 0.29) is 22.1 Å². The van der Waals surface area contributed by atoms with Crippen molar-refractivity contribution in [3.05, 3.63) is 38.9 Å². The molecule has 1 aliphatic carbocycles. The largest absolute Gasteiger partial charge is 0.451 e. The van der Waals surface area contributed by atoms with E-state index in [2.05, 4.69) is 0 Å². The van der Waals surface area contributed by atoms with Crippen molar-refractivity contribution < 1.29 is 19.2 Å². The summed E-state index contributed by atoms with van der Waals surface area (Å²) >= 11 is 5.84. The fourth-order valence-electron chi connectivity index (χ4n) is 2.05. The number of esters is 1. The van der Waals surface area contributed by atoms with E-state index in [1.807, 2.05) is 0 Å². The zero-order valence-electron chi connectivity index (χ0n) is 10.5. The summed E-state index contributed by atoms with van der Waals surface area (Å²) in [5.74, 6) is -0.926. The molecule has 1 fully saturated rings. The Balaban J connectivity index is 2.18. The fourth-order valence-corrected chi connectivity index (χ4v) is 2.25. The van der Waals surface area contributed by atoms with Gasteiger partial charge in [0, 0.05) is 18.6 Å². The average molecular weight is 298 g/mol. The lowest BCUT2D eigenvalue weighted by atomic mass is 9.96. The van der Waals surface area contributed by atoms with E-state index in [4.69, 9.17) is 16.3 Å². The number of nitro benzene ring substituents is 1. The maximum absolute atomic E-state index is 12.0. The monoisotopic (exact) mass is 297 g/mol. The molecular weight excluding hydrogens is 286 g/mol. The molecule has 6 nitrogen and oxygen atoms in total. The van der Waals surface area contributed by atoms with Crippen LogP contribution in [0.2, 0.25) is 5.02 Å². The van der Waals surface area contributed by atoms with Crippen molar-refractivity contribution in [2.24, 2.45) is 0 Å². The Hall–Kier alpha value is -1.95. The molecule has 0 heterocycles. The molecule has 20 heavy (non-hydrogen) atoms. The number of non-ortho nitro benzene ring substituents is 1. The number of hydrogen-bond acceptors (Lipinski definition) is 5. The minimum absolute atomic E-state index is 0.0591. The molecule has 0 radical (unpaired) electrons. The second kappa shape index (κ2) is 6.00. The number of carbonyl (C=O) groups excluding carboxylic acids is 2. The summed E-state index contributed by atoms with van der Waals surface area (Å²) in [7, 11) is 0. The second-order valence-corrected chi connectivity index (χ2v) is 4.93. The molecule has 0 spiro atoms. The van der Waals surface area contributed by atoms with Gasteiger partial charge in [-0.2, -0.15) is 0 Å². The molecule has 1 unspecified atom stereocenters. The molecule has 106 valence electrons. The van der Waals surface area contributed by atoms with Crippen molar-refractivity contribution in [1.29, 1.82) is 0 Å². The number of benzene rings is 1. The molecule has 1 atom stereocenters. The summed E-state index contributed by atoms with van der Waals surface area (Å²) < 4.78 is 5.11. The lowest BCUT2D eigenvalue weighted by Crippen LogP contribution is -2.30. The Morgan fingerprint density at radius 1 is 1.40 bits per heavy atom. The Bertz CT molecular complexity index is 572. The number of nitro groups is 1. The first kappa shape index (κ1) is 14.5. The number of Topliss-reactive ketones (excluding diaryl/α,β-unsaturated/α-hetero) is 1. The van der Waals surface area contributed by atoms with Crippen LogP contribution in [0.15, 0.2) is 18.2 Å². The van der Waals surface area contributed by atoms with Crippen molar-refractivity contribution in [2.75, 3.05) is 0 Å². The van der Waals surface area contributed by atoms with Gasteiger partial charge in [0.15, 0.2) is 11.9 Å². The van der Waals surface area contributed by atoms with E-state index in [9.17, 15) is 19.7 Å². The molecule has 1 aliphatic rings. The molecule has 0 bridgehead atoms. The predicted molar refractivity (Wildman–Crippen MR) is 70.8 cm³/mol. The Morgan fingerprint density at radius 3 is 2.80 bits per heavy atom. The Kier molecular flexibility index (Phi) is 4.34. The fraction of sp³-hybridized carbons (Fsp3) is 0.385. The summed E-state index contributed by atoms with van der Waals surface area (Å²) in [6.07, 6.45) is 1.71. The molecule has 0 aromatic heterocycles. The van der Waals surface area contributed by atoms with Gasteiger partial charge in [0.2, 0.25) is 0 Å². The molecule has 0 saturated heterocycles. The number of rotatable bonds is 3. The third-order valence-corrected chi connectivity index (χ3v) is 3.46. The molecule has 1 saturated carbocycles. The van der Waals surface area contributed by atoms with Crippen LogP contribution >= 0.6 is 11.6 Å². The van der Waals surface area contributed by atoms with Gasteiger partial charge in [-0.1, -0.05) is 11.6 Å². The van der Waals surface area contributed by atoms with Crippen molar-refractivity contribution in [2.45, 2.75) is 31.8 Å². The van der Waals surface area contributed by atoms with Gasteiger partial charge < -0.3 is 4.74 Å². The number of carbonyl (C=O) groups is 2. The zero-order chi connectivity index (χ0) is 14.7. The molecule has 1 aromatic carbocycles. The number of ether oxygens (including phenoxy) is 1. The Morgan fingerprint density at radius 2 is 2.15 bits per heavy atom. The Labute approximate surface area is 119 Å². The molecule has 7 heteroatoms. The molecule has 0 aliphatic heterocycles. The van der Waals surface area contributed by atoms with Gasteiger partial charge in [-0.3, -0.25) is 14.9 Å². The van der Waals surface area contributed by atoms with E-state index in [0.29, 0.717) is 12.8 Å². The average Bonchev–Trinajstić information content (AvgIpc) is 2.41. The quantitative estimate of drug-likeness (QED) is 0.486. The van der Waals surface area contributed by atoms with E-state index in [1.165, 1.54) is 12.1 Å². The number of nitrogens with zero attached hydrogens (tertiary/aromatic N) is 1. The maximum Gasteiger partial charge on any atom is 0.340 e. The lowest BCUT2D eigenvalue weighted by Gasteiger charge is -2.20. The van der Waals surface area contributed by atoms with E-state index in [0.717, 1.165) is 18.9 Å². The van der Waals surface area contributed by atoms with Gasteiger partial charge in [0.1, 0.15) is 0 Å². The van der Waals surface area contributed by atoms with E-state index >= 15 is 0 Å². The van der Waals surface area contributed by atoms with Gasteiger partial charge in [-0.05, 0) is 25.3 Å². The summed E-state index contributed by atoms with van der Waals surface area (Å²) in [4.78, 5) is 33.6. The SMILES string of the molecule is O=C(OC1CCCCC1=O)c1cc([N+](=O)[O-])ccc1Cl. The van der Waals surface area contributed by atoms with Crippen LogP contribution in [-0.2, 0) is 9.53 Å². The topological polar surface area (TPSA) is 86.5 Å². The highest BCUT2D eigenvalue weighted by atomic mass is 35.5. The molecule has 0 amide bonds. The van der Waals surface area contributed by atoms with Crippen LogP contribution in [0.1, 0.15) is 36.0 Å². The minimum Gasteiger partial charge on any atom is -0.451 e. The van der Waals surface area contributed by atoms with Crippen molar-refractivity contribution in [3.63, 3.8) is 0 Å². The summed E-state index contributed by atoms with van der Waals surface area (Å²) in [5, 5.41) is 10.7. The van der Waals surface area contributed by atoms with Crippen LogP contribution in [-0.4, -0.2) is 22.8 Å². The molecular formula is C13H12ClNO5. The van der Waals surface area contributed by atoms with Crippen LogP contribution in [0.25, 0.3) is 0 Å². The second-order valence-electron chi connectivity index (χ2n) is 4.53. The van der Waals surface area contributed by atoms with Gasteiger partial charge in [-0.15, -0.1) is 0 Å². The first-order valence-corrected chi connectivity index (χ1v) is 6.54. The normalized spacial score (nSPS) is 18.6. The van der Waals surface area contributed by atoms with Gasteiger partial charge in [0.05, 0.1) is 15.5 Å². The van der Waals surface area contributed by atoms with Gasteiger partial charge in [-0.25, -0.2) is 4.79 Å². The van der Waals surface area contributed by atoms with Crippen LogP contribution in [0.3, 0.4) is 0 Å². The smallest absolute Gasteiger partial charge is 0.340 e. The zero-order valence-corrected chi connectivity index (χ0v) is 11.3. The van der Waals surface area contributed by atoms with Crippen LogP contribution < -0.4 is 0 Å². The highest BCUT2D eigenvalue weighted by Crippen LogP contribution is 2.25. The van der Waals surface area contributed by atoms with Crippen LogP contribution in [0, 0.1) is 10.1 Å². The molecule has 1 aromatic rings. The number of halogens is 1. The molecule has 0 N–H and O–H groups in total. The van der Waals surface area contributed by atoms with Crippen LogP contribution in [0.5, 0.6) is 0 Å². The third kappa shape index (κ3) is 3.14. The molecule has 2 rings (SSSR count). The lowest BCUT2D eigenvalue weighted by molar-refractivity contribution is -0.384.